The smallest absolute Gasteiger partial charge is 0.143 e. The van der Waals surface area contributed by atoms with E-state index in [9.17, 15) is 9.90 Å². The molecule has 0 spiro atoms. The van der Waals surface area contributed by atoms with Gasteiger partial charge in [0.05, 0.1) is 0 Å². The normalized spacial score (nSPS) is 11.2. The van der Waals surface area contributed by atoms with E-state index in [4.69, 9.17) is 0 Å². The Morgan fingerprint density at radius 1 is 1.47 bits per heavy atom. The molecule has 5 heteroatoms. The number of hydrogen-bond acceptors (Lipinski definition) is 3. The molecule has 82 valence electrons. The summed E-state index contributed by atoms with van der Waals surface area (Å²) in [5, 5.41) is 11.0. The molecule has 15 heavy (non-hydrogen) atoms. The van der Waals surface area contributed by atoms with Crippen molar-refractivity contribution in [2.24, 2.45) is 0 Å². The summed E-state index contributed by atoms with van der Waals surface area (Å²) in [5.41, 5.74) is -0.570. The highest BCUT2D eigenvalue weighted by atomic mass is 79.9. The lowest BCUT2D eigenvalue weighted by molar-refractivity contribution is -0.247. The largest absolute Gasteiger partial charge is 0.530 e. The fourth-order valence-electron chi connectivity index (χ4n) is 1.21. The Labute approximate surface area is 97.1 Å². The number of rotatable bonds is 1. The first-order chi connectivity index (χ1) is 6.82. The van der Waals surface area contributed by atoms with Gasteiger partial charge in [-0.05, 0) is 48.8 Å². The molecule has 1 rings (SSSR count). The van der Waals surface area contributed by atoms with Gasteiger partial charge in [0.2, 0.25) is 0 Å². The zero-order valence-electron chi connectivity index (χ0n) is 8.82. The molecule has 0 N–H and O–H groups in total. The summed E-state index contributed by atoms with van der Waals surface area (Å²) in [6.07, 6.45) is 0.300. The van der Waals surface area contributed by atoms with Crippen LogP contribution in [0.5, 0.6) is 0 Å². The Hall–Kier alpha value is -1.10. The van der Waals surface area contributed by atoms with Crippen molar-refractivity contribution in [2.45, 2.75) is 26.3 Å². The Morgan fingerprint density at radius 3 is 2.40 bits per heavy atom. The summed E-state index contributed by atoms with van der Waals surface area (Å²) in [7, 11) is 0. The van der Waals surface area contributed by atoms with Gasteiger partial charge in [0, 0.05) is 16.2 Å². The molecule has 0 saturated heterocycles. The van der Waals surface area contributed by atoms with Gasteiger partial charge >= 0.3 is 0 Å². The zero-order chi connectivity index (χ0) is 11.6. The summed E-state index contributed by atoms with van der Waals surface area (Å²) in [6, 6.07) is 3.37. The molecular weight excluding hydrogens is 260 g/mol. The predicted molar refractivity (Wildman–Crippen MR) is 59.6 cm³/mol. The van der Waals surface area contributed by atoms with E-state index < -0.39 is 11.6 Å². The molecule has 4 nitrogen and oxygen atoms in total. The quantitative estimate of drug-likeness (QED) is 0.783. The molecule has 0 radical (unpaired) electrons. The van der Waals surface area contributed by atoms with Crippen LogP contribution >= 0.6 is 15.9 Å². The molecule has 0 aliphatic carbocycles. The van der Waals surface area contributed by atoms with Gasteiger partial charge < -0.3 is 14.8 Å². The van der Waals surface area contributed by atoms with Crippen LogP contribution in [0.4, 0.5) is 10.6 Å². The average Bonchev–Trinajstić information content (AvgIpc) is 2.05. The zero-order valence-corrected chi connectivity index (χ0v) is 10.4. The lowest BCUT2D eigenvalue weighted by Crippen LogP contribution is -2.52. The maximum absolute atomic E-state index is 11.0. The Balaban J connectivity index is 3.11. The summed E-state index contributed by atoms with van der Waals surface area (Å²) in [5.74, 6) is 0.366. The third kappa shape index (κ3) is 2.92. The fraction of sp³-hybridized carbons (Fsp3) is 0.400. The van der Waals surface area contributed by atoms with E-state index in [1.54, 1.807) is 39.1 Å². The highest BCUT2D eigenvalue weighted by Crippen LogP contribution is 2.22. The Bertz CT molecular complexity index is 357. The molecule has 0 aliphatic heterocycles. The van der Waals surface area contributed by atoms with Gasteiger partial charge in [0.25, 0.3) is 0 Å². The van der Waals surface area contributed by atoms with Crippen molar-refractivity contribution in [2.75, 3.05) is 4.90 Å². The highest BCUT2D eigenvalue weighted by Gasteiger charge is 2.23. The first kappa shape index (κ1) is 12.0. The van der Waals surface area contributed by atoms with Gasteiger partial charge in [-0.3, -0.25) is 0 Å². The molecule has 1 aromatic heterocycles. The van der Waals surface area contributed by atoms with E-state index in [1.165, 1.54) is 0 Å². The van der Waals surface area contributed by atoms with Crippen LogP contribution in [-0.4, -0.2) is 16.6 Å². The van der Waals surface area contributed by atoms with Crippen LogP contribution in [0.3, 0.4) is 0 Å². The third-order valence-electron chi connectivity index (χ3n) is 1.79. The van der Waals surface area contributed by atoms with E-state index in [0.29, 0.717) is 5.82 Å². The number of carbonyl (C=O) groups excluding carboxylic acids is 1. The minimum Gasteiger partial charge on any atom is -0.530 e. The van der Waals surface area contributed by atoms with Crippen LogP contribution in [-0.2, 0) is 0 Å². The topological polar surface area (TPSA) is 56.3 Å². The van der Waals surface area contributed by atoms with E-state index in [0.717, 1.165) is 9.37 Å². The molecule has 1 aromatic rings. The van der Waals surface area contributed by atoms with Crippen LogP contribution in [0.25, 0.3) is 0 Å². The van der Waals surface area contributed by atoms with Crippen LogP contribution in [0.1, 0.15) is 20.8 Å². The van der Waals surface area contributed by atoms with Crippen molar-refractivity contribution in [3.8, 4) is 0 Å². The first-order valence-corrected chi connectivity index (χ1v) is 5.24. The molecule has 0 unspecified atom stereocenters. The van der Waals surface area contributed by atoms with Crippen LogP contribution in [0.2, 0.25) is 0 Å². The van der Waals surface area contributed by atoms with Crippen molar-refractivity contribution in [1.82, 2.24) is 4.98 Å². The number of carboxylic acid groups (broad SMARTS) is 1. The van der Waals surface area contributed by atoms with Crippen LogP contribution < -0.4 is 10.0 Å². The number of nitrogens with zero attached hydrogens (tertiary/aromatic N) is 2. The summed E-state index contributed by atoms with van der Waals surface area (Å²) in [4.78, 5) is 16.1. The number of carbonyl (C=O) groups is 1. The molecule has 0 aliphatic rings. The van der Waals surface area contributed by atoms with Crippen LogP contribution in [0, 0.1) is 0 Å². The molecule has 0 bridgehead atoms. The molecule has 0 aromatic carbocycles. The van der Waals surface area contributed by atoms with Crippen molar-refractivity contribution in [1.29, 1.82) is 0 Å². The average molecular weight is 272 g/mol. The van der Waals surface area contributed by atoms with Gasteiger partial charge in [-0.1, -0.05) is 0 Å². The van der Waals surface area contributed by atoms with Crippen molar-refractivity contribution in [3.05, 3.63) is 22.8 Å². The highest BCUT2D eigenvalue weighted by molar-refractivity contribution is 9.10. The lowest BCUT2D eigenvalue weighted by atomic mass is 10.1. The second-order valence-corrected chi connectivity index (χ2v) is 5.02. The SMILES string of the molecule is CC(C)(C)N(C(=O)[O-])c1ccc(Br)cn1. The van der Waals surface area contributed by atoms with Crippen LogP contribution in [0.15, 0.2) is 22.8 Å². The minimum atomic E-state index is -1.25. The second-order valence-electron chi connectivity index (χ2n) is 4.11. The van der Waals surface area contributed by atoms with E-state index in [1.807, 2.05) is 0 Å². The number of hydrogen-bond donors (Lipinski definition) is 0. The number of halogens is 1. The molecule has 0 fully saturated rings. The van der Waals surface area contributed by atoms with Crippen molar-refractivity contribution < 1.29 is 9.90 Å². The standard InChI is InChI=1S/C10H13BrN2O2/c1-10(2,3)13(9(14)15)8-5-4-7(11)6-12-8/h4-6H,1-3H3,(H,14,15)/p-1. The predicted octanol–water partition coefficient (Wildman–Crippen LogP) is 1.79. The van der Waals surface area contributed by atoms with Gasteiger partial charge in [-0.25, -0.2) is 4.98 Å². The first-order valence-electron chi connectivity index (χ1n) is 4.45. The van der Waals surface area contributed by atoms with Gasteiger partial charge in [-0.2, -0.15) is 0 Å². The van der Waals surface area contributed by atoms with E-state index >= 15 is 0 Å². The Morgan fingerprint density at radius 2 is 2.07 bits per heavy atom. The molecule has 1 amide bonds. The maximum Gasteiger partial charge on any atom is 0.143 e. The molecule has 0 saturated carbocycles. The summed E-state index contributed by atoms with van der Waals surface area (Å²) in [6.45, 7) is 5.35. The van der Waals surface area contributed by atoms with Gasteiger partial charge in [0.1, 0.15) is 11.9 Å². The molecular formula is C10H12BrN2O2-. The van der Waals surface area contributed by atoms with Gasteiger partial charge in [-0.15, -0.1) is 0 Å². The van der Waals surface area contributed by atoms with E-state index in [2.05, 4.69) is 20.9 Å². The fourth-order valence-corrected chi connectivity index (χ4v) is 1.45. The Kier molecular flexibility index (Phi) is 3.34. The second kappa shape index (κ2) is 4.18. The third-order valence-corrected chi connectivity index (χ3v) is 2.26. The number of pyridine rings is 1. The van der Waals surface area contributed by atoms with E-state index in [-0.39, 0.29) is 0 Å². The van der Waals surface area contributed by atoms with Gasteiger partial charge in [0.15, 0.2) is 0 Å². The molecule has 1 heterocycles. The maximum atomic E-state index is 11.0. The summed E-state index contributed by atoms with van der Waals surface area (Å²) < 4.78 is 0.804. The number of aromatic nitrogens is 1. The minimum absolute atomic E-state index is 0.366. The lowest BCUT2D eigenvalue weighted by Gasteiger charge is -2.36. The number of anilines is 1. The summed E-state index contributed by atoms with van der Waals surface area (Å²) >= 11 is 3.24. The van der Waals surface area contributed by atoms with Crippen molar-refractivity contribution >= 4 is 27.8 Å². The van der Waals surface area contributed by atoms with Crippen molar-refractivity contribution in [3.63, 3.8) is 0 Å². The monoisotopic (exact) mass is 271 g/mol. The number of amides is 1. The molecule has 0 atom stereocenters.